The number of nitrogens with zero attached hydrogens (tertiary/aromatic N) is 1. The number of hydrogen-bond donors (Lipinski definition) is 2. The molecule has 0 bridgehead atoms. The molecule has 4 nitrogen and oxygen atoms in total. The molecule has 0 spiro atoms. The Morgan fingerprint density at radius 3 is 2.67 bits per heavy atom. The molecule has 1 amide bonds. The van der Waals surface area contributed by atoms with Crippen LogP contribution in [-0.2, 0) is 0 Å². The van der Waals surface area contributed by atoms with E-state index in [9.17, 15) is 4.79 Å². The SMILES string of the molecule is CCNc1cc(C(=O)Nc2ccc(C)cc2Cl)cc(C)n1. The van der Waals surface area contributed by atoms with Gasteiger partial charge in [0.25, 0.3) is 5.91 Å². The zero-order chi connectivity index (χ0) is 15.4. The molecule has 0 radical (unpaired) electrons. The average molecular weight is 304 g/mol. The van der Waals surface area contributed by atoms with Crippen LogP contribution in [0.4, 0.5) is 11.5 Å². The number of benzene rings is 1. The van der Waals surface area contributed by atoms with E-state index in [-0.39, 0.29) is 5.91 Å². The largest absolute Gasteiger partial charge is 0.370 e. The van der Waals surface area contributed by atoms with Gasteiger partial charge in [-0.05, 0) is 50.6 Å². The smallest absolute Gasteiger partial charge is 0.255 e. The van der Waals surface area contributed by atoms with Crippen LogP contribution in [0, 0.1) is 13.8 Å². The molecule has 2 rings (SSSR count). The number of anilines is 2. The fourth-order valence-electron chi connectivity index (χ4n) is 1.99. The Balaban J connectivity index is 2.23. The summed E-state index contributed by atoms with van der Waals surface area (Å²) in [7, 11) is 0. The Hall–Kier alpha value is -2.07. The molecule has 0 aliphatic carbocycles. The fraction of sp³-hybridized carbons (Fsp3) is 0.250. The summed E-state index contributed by atoms with van der Waals surface area (Å²) in [6.45, 7) is 6.54. The lowest BCUT2D eigenvalue weighted by Crippen LogP contribution is -2.13. The number of carbonyl (C=O) groups excluding carboxylic acids is 1. The molecule has 0 fully saturated rings. The van der Waals surface area contributed by atoms with E-state index in [2.05, 4.69) is 15.6 Å². The van der Waals surface area contributed by atoms with Gasteiger partial charge in [0, 0.05) is 17.8 Å². The molecule has 110 valence electrons. The number of nitrogens with one attached hydrogen (secondary N) is 2. The van der Waals surface area contributed by atoms with Gasteiger partial charge in [-0.15, -0.1) is 0 Å². The van der Waals surface area contributed by atoms with E-state index < -0.39 is 0 Å². The van der Waals surface area contributed by atoms with Crippen molar-refractivity contribution in [2.45, 2.75) is 20.8 Å². The first kappa shape index (κ1) is 15.3. The quantitative estimate of drug-likeness (QED) is 0.896. The summed E-state index contributed by atoms with van der Waals surface area (Å²) >= 11 is 6.13. The molecule has 0 saturated carbocycles. The van der Waals surface area contributed by atoms with Crippen molar-refractivity contribution in [3.63, 3.8) is 0 Å². The first-order chi connectivity index (χ1) is 9.99. The molecule has 1 heterocycles. The Morgan fingerprint density at radius 1 is 1.24 bits per heavy atom. The lowest BCUT2D eigenvalue weighted by Gasteiger charge is -2.10. The first-order valence-electron chi connectivity index (χ1n) is 6.79. The molecular weight excluding hydrogens is 286 g/mol. The average Bonchev–Trinajstić information content (AvgIpc) is 2.41. The van der Waals surface area contributed by atoms with Crippen molar-refractivity contribution < 1.29 is 4.79 Å². The number of hydrogen-bond acceptors (Lipinski definition) is 3. The number of rotatable bonds is 4. The third kappa shape index (κ3) is 3.95. The zero-order valence-electron chi connectivity index (χ0n) is 12.3. The fourth-order valence-corrected chi connectivity index (χ4v) is 2.27. The lowest BCUT2D eigenvalue weighted by atomic mass is 10.2. The Labute approximate surface area is 129 Å². The summed E-state index contributed by atoms with van der Waals surface area (Å²) in [6, 6.07) is 9.00. The molecule has 5 heteroatoms. The van der Waals surface area contributed by atoms with E-state index in [1.54, 1.807) is 18.2 Å². The minimum atomic E-state index is -0.203. The number of pyridine rings is 1. The summed E-state index contributed by atoms with van der Waals surface area (Å²) in [5, 5.41) is 6.46. The van der Waals surface area contributed by atoms with Gasteiger partial charge in [-0.3, -0.25) is 4.79 Å². The highest BCUT2D eigenvalue weighted by atomic mass is 35.5. The maximum absolute atomic E-state index is 12.3. The molecule has 0 saturated heterocycles. The van der Waals surface area contributed by atoms with Crippen LogP contribution < -0.4 is 10.6 Å². The van der Waals surface area contributed by atoms with Crippen LogP contribution in [0.2, 0.25) is 5.02 Å². The first-order valence-corrected chi connectivity index (χ1v) is 7.17. The molecule has 21 heavy (non-hydrogen) atoms. The van der Waals surface area contributed by atoms with Gasteiger partial charge < -0.3 is 10.6 Å². The summed E-state index contributed by atoms with van der Waals surface area (Å²) in [5.41, 5.74) is 2.99. The number of aromatic nitrogens is 1. The molecule has 0 aliphatic rings. The van der Waals surface area contributed by atoms with Crippen LogP contribution in [-0.4, -0.2) is 17.4 Å². The van der Waals surface area contributed by atoms with Crippen LogP contribution in [0.5, 0.6) is 0 Å². The van der Waals surface area contributed by atoms with Gasteiger partial charge in [-0.25, -0.2) is 4.98 Å². The minimum Gasteiger partial charge on any atom is -0.370 e. The molecule has 1 aromatic heterocycles. The van der Waals surface area contributed by atoms with E-state index in [0.717, 1.165) is 17.8 Å². The van der Waals surface area contributed by atoms with Crippen molar-refractivity contribution in [2.24, 2.45) is 0 Å². The van der Waals surface area contributed by atoms with Crippen LogP contribution in [0.25, 0.3) is 0 Å². The van der Waals surface area contributed by atoms with E-state index in [1.165, 1.54) is 0 Å². The molecule has 0 aliphatic heterocycles. The zero-order valence-corrected chi connectivity index (χ0v) is 13.1. The van der Waals surface area contributed by atoms with Gasteiger partial charge >= 0.3 is 0 Å². The van der Waals surface area contributed by atoms with Crippen LogP contribution in [0.15, 0.2) is 30.3 Å². The van der Waals surface area contributed by atoms with E-state index >= 15 is 0 Å². The summed E-state index contributed by atoms with van der Waals surface area (Å²) in [6.07, 6.45) is 0. The number of amides is 1. The van der Waals surface area contributed by atoms with Crippen molar-refractivity contribution in [1.82, 2.24) is 4.98 Å². The van der Waals surface area contributed by atoms with Gasteiger partial charge in [0.05, 0.1) is 10.7 Å². The molecule has 0 atom stereocenters. The predicted molar refractivity (Wildman–Crippen MR) is 87.3 cm³/mol. The van der Waals surface area contributed by atoms with Gasteiger partial charge in [0.1, 0.15) is 5.82 Å². The normalized spacial score (nSPS) is 10.3. The summed E-state index contributed by atoms with van der Waals surface area (Å²) in [5.74, 6) is 0.489. The van der Waals surface area contributed by atoms with Crippen molar-refractivity contribution in [1.29, 1.82) is 0 Å². The van der Waals surface area contributed by atoms with Gasteiger partial charge in [-0.1, -0.05) is 17.7 Å². The highest BCUT2D eigenvalue weighted by molar-refractivity contribution is 6.34. The second-order valence-electron chi connectivity index (χ2n) is 4.85. The minimum absolute atomic E-state index is 0.203. The Morgan fingerprint density at radius 2 is 2.00 bits per heavy atom. The van der Waals surface area contributed by atoms with Crippen LogP contribution in [0.3, 0.4) is 0 Å². The number of halogens is 1. The van der Waals surface area contributed by atoms with Crippen molar-refractivity contribution in [2.75, 3.05) is 17.2 Å². The predicted octanol–water partition coefficient (Wildman–Crippen LogP) is 4.04. The topological polar surface area (TPSA) is 54.0 Å². The molecule has 2 aromatic rings. The highest BCUT2D eigenvalue weighted by Gasteiger charge is 2.10. The molecule has 0 unspecified atom stereocenters. The Kier molecular flexibility index (Phi) is 4.81. The third-order valence-electron chi connectivity index (χ3n) is 2.95. The van der Waals surface area contributed by atoms with Gasteiger partial charge in [0.15, 0.2) is 0 Å². The third-order valence-corrected chi connectivity index (χ3v) is 3.26. The lowest BCUT2D eigenvalue weighted by molar-refractivity contribution is 0.102. The van der Waals surface area contributed by atoms with Crippen molar-refractivity contribution in [3.05, 3.63) is 52.2 Å². The second-order valence-corrected chi connectivity index (χ2v) is 5.26. The maximum Gasteiger partial charge on any atom is 0.255 e. The number of carbonyl (C=O) groups is 1. The Bertz CT molecular complexity index is 671. The monoisotopic (exact) mass is 303 g/mol. The van der Waals surface area contributed by atoms with E-state index in [1.807, 2.05) is 32.9 Å². The van der Waals surface area contributed by atoms with Crippen molar-refractivity contribution in [3.8, 4) is 0 Å². The van der Waals surface area contributed by atoms with E-state index in [0.29, 0.717) is 22.1 Å². The van der Waals surface area contributed by atoms with Gasteiger partial charge in [-0.2, -0.15) is 0 Å². The number of aryl methyl sites for hydroxylation is 2. The molecular formula is C16H18ClN3O. The van der Waals surface area contributed by atoms with Crippen LogP contribution >= 0.6 is 11.6 Å². The molecule has 2 N–H and O–H groups in total. The standard InChI is InChI=1S/C16H18ClN3O/c1-4-18-15-9-12(8-11(3)19-15)16(21)20-14-6-5-10(2)7-13(14)17/h5-9H,4H2,1-3H3,(H,18,19)(H,20,21). The van der Waals surface area contributed by atoms with Crippen LogP contribution in [0.1, 0.15) is 28.5 Å². The van der Waals surface area contributed by atoms with Gasteiger partial charge in [0.2, 0.25) is 0 Å². The maximum atomic E-state index is 12.3. The van der Waals surface area contributed by atoms with Crippen molar-refractivity contribution >= 4 is 29.0 Å². The second kappa shape index (κ2) is 6.59. The van der Waals surface area contributed by atoms with E-state index in [4.69, 9.17) is 11.6 Å². The highest BCUT2D eigenvalue weighted by Crippen LogP contribution is 2.23. The summed E-state index contributed by atoms with van der Waals surface area (Å²) < 4.78 is 0. The molecule has 1 aromatic carbocycles. The summed E-state index contributed by atoms with van der Waals surface area (Å²) in [4.78, 5) is 16.7.